The van der Waals surface area contributed by atoms with Gasteiger partial charge in [0.1, 0.15) is 0 Å². The Bertz CT molecular complexity index is 974. The Morgan fingerprint density at radius 3 is 2.77 bits per heavy atom. The third kappa shape index (κ3) is 5.38. The minimum Gasteiger partial charge on any atom is -0.378 e. The fraction of sp³-hybridized carbons (Fsp3) is 0.478. The van der Waals surface area contributed by atoms with Crippen LogP contribution in [-0.4, -0.2) is 56.9 Å². The number of ether oxygens (including phenoxy) is 1. The summed E-state index contributed by atoms with van der Waals surface area (Å²) in [6, 6.07) is 9.80. The summed E-state index contributed by atoms with van der Waals surface area (Å²) in [5, 5.41) is 11.1. The first-order valence-electron chi connectivity index (χ1n) is 10.9. The van der Waals surface area contributed by atoms with Gasteiger partial charge in [0.15, 0.2) is 5.82 Å². The van der Waals surface area contributed by atoms with Crippen molar-refractivity contribution in [2.45, 2.75) is 45.6 Å². The number of nitrogens with one attached hydrogen (secondary N) is 1. The number of hydrogen-bond donors (Lipinski definition) is 1. The minimum absolute atomic E-state index is 0.00975. The van der Waals surface area contributed by atoms with E-state index in [1.165, 1.54) is 0 Å². The standard InChI is InChI=1S/C23H29N5O3/c1-16(2)14-21-25-20(27-31-21)10-13-30-18-8-11-28(12-9-18)23(29)19-15-24-26-22(19)17-6-4-3-5-7-17/h3-7,15-16,18H,8-14H2,1-2H3,(H,24,26). The summed E-state index contributed by atoms with van der Waals surface area (Å²) in [6.45, 7) is 6.14. The van der Waals surface area contributed by atoms with Crippen molar-refractivity contribution in [3.8, 4) is 11.3 Å². The van der Waals surface area contributed by atoms with Gasteiger partial charge in [-0.3, -0.25) is 9.89 Å². The van der Waals surface area contributed by atoms with E-state index in [2.05, 4.69) is 34.2 Å². The number of carbonyl (C=O) groups excluding carboxylic acids is 1. The van der Waals surface area contributed by atoms with Crippen LogP contribution in [0.5, 0.6) is 0 Å². The summed E-state index contributed by atoms with van der Waals surface area (Å²) in [6.07, 6.45) is 4.82. The molecular weight excluding hydrogens is 394 g/mol. The van der Waals surface area contributed by atoms with Gasteiger partial charge in [-0.25, -0.2) is 0 Å². The Hall–Kier alpha value is -3.00. The molecule has 0 aliphatic carbocycles. The second kappa shape index (κ2) is 9.87. The van der Waals surface area contributed by atoms with Crippen LogP contribution in [0.25, 0.3) is 11.3 Å². The lowest BCUT2D eigenvalue weighted by Crippen LogP contribution is -2.41. The van der Waals surface area contributed by atoms with Crippen LogP contribution in [0.4, 0.5) is 0 Å². The number of likely N-dealkylation sites (tertiary alicyclic amines) is 1. The molecule has 164 valence electrons. The van der Waals surface area contributed by atoms with E-state index in [0.29, 0.717) is 49.3 Å². The Balaban J connectivity index is 1.24. The molecule has 1 amide bonds. The average molecular weight is 424 g/mol. The van der Waals surface area contributed by atoms with E-state index >= 15 is 0 Å². The summed E-state index contributed by atoms with van der Waals surface area (Å²) < 4.78 is 11.3. The number of aromatic nitrogens is 4. The molecule has 1 saturated heterocycles. The van der Waals surface area contributed by atoms with E-state index in [1.54, 1.807) is 6.20 Å². The second-order valence-corrected chi connectivity index (χ2v) is 8.34. The van der Waals surface area contributed by atoms with Crippen molar-refractivity contribution in [3.63, 3.8) is 0 Å². The fourth-order valence-electron chi connectivity index (χ4n) is 3.81. The van der Waals surface area contributed by atoms with E-state index in [0.717, 1.165) is 30.5 Å². The van der Waals surface area contributed by atoms with Crippen molar-refractivity contribution in [2.75, 3.05) is 19.7 Å². The third-order valence-electron chi connectivity index (χ3n) is 5.43. The molecular formula is C23H29N5O3. The maximum Gasteiger partial charge on any atom is 0.257 e. The average Bonchev–Trinajstić information content (AvgIpc) is 3.44. The Morgan fingerprint density at radius 1 is 1.26 bits per heavy atom. The lowest BCUT2D eigenvalue weighted by atomic mass is 10.0. The van der Waals surface area contributed by atoms with Crippen molar-refractivity contribution in [2.24, 2.45) is 5.92 Å². The van der Waals surface area contributed by atoms with Gasteiger partial charge in [-0.2, -0.15) is 10.1 Å². The summed E-state index contributed by atoms with van der Waals surface area (Å²) >= 11 is 0. The Morgan fingerprint density at radius 2 is 2.03 bits per heavy atom. The highest BCUT2D eigenvalue weighted by molar-refractivity contribution is 5.99. The molecule has 0 atom stereocenters. The van der Waals surface area contributed by atoms with Gasteiger partial charge in [0.2, 0.25) is 5.89 Å². The highest BCUT2D eigenvalue weighted by Crippen LogP contribution is 2.24. The molecule has 1 N–H and O–H groups in total. The molecule has 31 heavy (non-hydrogen) atoms. The molecule has 8 nitrogen and oxygen atoms in total. The van der Waals surface area contributed by atoms with Crippen LogP contribution in [0.1, 0.15) is 48.8 Å². The van der Waals surface area contributed by atoms with Crippen LogP contribution in [-0.2, 0) is 17.6 Å². The maximum absolute atomic E-state index is 13.0. The molecule has 1 aliphatic heterocycles. The first-order valence-corrected chi connectivity index (χ1v) is 10.9. The van der Waals surface area contributed by atoms with Crippen LogP contribution < -0.4 is 0 Å². The number of rotatable bonds is 8. The lowest BCUT2D eigenvalue weighted by molar-refractivity contribution is 0.00950. The van der Waals surface area contributed by atoms with Crippen LogP contribution in [0.3, 0.4) is 0 Å². The fourth-order valence-corrected chi connectivity index (χ4v) is 3.81. The predicted octanol–water partition coefficient (Wildman–Crippen LogP) is 3.52. The summed E-state index contributed by atoms with van der Waals surface area (Å²) in [4.78, 5) is 19.3. The number of nitrogens with zero attached hydrogens (tertiary/aromatic N) is 4. The summed E-state index contributed by atoms with van der Waals surface area (Å²) in [7, 11) is 0. The number of piperidine rings is 1. The normalized spacial score (nSPS) is 15.0. The van der Waals surface area contributed by atoms with Gasteiger partial charge in [0.05, 0.1) is 30.2 Å². The molecule has 0 spiro atoms. The quantitative estimate of drug-likeness (QED) is 0.595. The molecule has 0 bridgehead atoms. The predicted molar refractivity (Wildman–Crippen MR) is 115 cm³/mol. The molecule has 0 saturated carbocycles. The van der Waals surface area contributed by atoms with E-state index in [9.17, 15) is 4.79 Å². The van der Waals surface area contributed by atoms with Gasteiger partial charge in [-0.1, -0.05) is 49.3 Å². The zero-order valence-corrected chi connectivity index (χ0v) is 18.1. The number of aromatic amines is 1. The van der Waals surface area contributed by atoms with E-state index in [-0.39, 0.29) is 12.0 Å². The molecule has 1 aromatic carbocycles. The van der Waals surface area contributed by atoms with E-state index in [1.807, 2.05) is 35.2 Å². The summed E-state index contributed by atoms with van der Waals surface area (Å²) in [5.74, 6) is 1.88. The molecule has 1 fully saturated rings. The van der Waals surface area contributed by atoms with Crippen LogP contribution in [0.15, 0.2) is 41.1 Å². The van der Waals surface area contributed by atoms with Crippen molar-refractivity contribution in [3.05, 3.63) is 53.8 Å². The maximum atomic E-state index is 13.0. The van der Waals surface area contributed by atoms with Crippen LogP contribution in [0, 0.1) is 5.92 Å². The lowest BCUT2D eigenvalue weighted by Gasteiger charge is -2.32. The Kier molecular flexibility index (Phi) is 6.76. The molecule has 2 aromatic heterocycles. The van der Waals surface area contributed by atoms with E-state index < -0.39 is 0 Å². The van der Waals surface area contributed by atoms with Crippen LogP contribution in [0.2, 0.25) is 0 Å². The SMILES string of the molecule is CC(C)Cc1nc(CCOC2CCN(C(=O)c3cn[nH]c3-c3ccccc3)CC2)no1. The monoisotopic (exact) mass is 423 g/mol. The molecule has 1 aliphatic rings. The third-order valence-corrected chi connectivity index (χ3v) is 5.43. The minimum atomic E-state index is 0.00975. The first kappa shape index (κ1) is 21.2. The first-order chi connectivity index (χ1) is 15.1. The molecule has 3 aromatic rings. The topological polar surface area (TPSA) is 97.1 Å². The van der Waals surface area contributed by atoms with E-state index in [4.69, 9.17) is 9.26 Å². The number of carbonyl (C=O) groups is 1. The molecule has 8 heteroatoms. The van der Waals surface area contributed by atoms with Gasteiger partial charge >= 0.3 is 0 Å². The Labute approximate surface area is 182 Å². The molecule has 0 radical (unpaired) electrons. The van der Waals surface area contributed by atoms with Crippen molar-refractivity contribution >= 4 is 5.91 Å². The molecule has 3 heterocycles. The van der Waals surface area contributed by atoms with Crippen molar-refractivity contribution < 1.29 is 14.1 Å². The number of hydrogen-bond acceptors (Lipinski definition) is 6. The van der Waals surface area contributed by atoms with Crippen molar-refractivity contribution in [1.29, 1.82) is 0 Å². The van der Waals surface area contributed by atoms with Gasteiger partial charge in [-0.05, 0) is 18.8 Å². The van der Waals surface area contributed by atoms with Gasteiger partial charge in [-0.15, -0.1) is 0 Å². The van der Waals surface area contributed by atoms with Crippen LogP contribution >= 0.6 is 0 Å². The second-order valence-electron chi connectivity index (χ2n) is 8.34. The number of H-pyrrole nitrogens is 1. The summed E-state index contributed by atoms with van der Waals surface area (Å²) in [5.41, 5.74) is 2.33. The zero-order valence-electron chi connectivity index (χ0n) is 18.1. The largest absolute Gasteiger partial charge is 0.378 e. The number of benzene rings is 1. The smallest absolute Gasteiger partial charge is 0.257 e. The highest BCUT2D eigenvalue weighted by Gasteiger charge is 2.26. The molecule has 0 unspecified atom stereocenters. The highest BCUT2D eigenvalue weighted by atomic mass is 16.5. The van der Waals surface area contributed by atoms with Gasteiger partial charge < -0.3 is 14.2 Å². The zero-order chi connectivity index (χ0) is 21.6. The van der Waals surface area contributed by atoms with Crippen molar-refractivity contribution in [1.82, 2.24) is 25.2 Å². The van der Waals surface area contributed by atoms with Gasteiger partial charge in [0, 0.05) is 31.5 Å². The molecule has 4 rings (SSSR count). The number of amides is 1. The van der Waals surface area contributed by atoms with Gasteiger partial charge in [0.25, 0.3) is 5.91 Å².